The highest BCUT2D eigenvalue weighted by molar-refractivity contribution is 6.11. The summed E-state index contributed by atoms with van der Waals surface area (Å²) < 4.78 is 31.6. The fourth-order valence-corrected chi connectivity index (χ4v) is 4.68. The minimum absolute atomic E-state index is 0.0447. The number of amides is 1. The Morgan fingerprint density at radius 2 is 1.74 bits per heavy atom. The van der Waals surface area contributed by atoms with Crippen molar-refractivity contribution >= 4 is 28.3 Å². The van der Waals surface area contributed by atoms with Crippen LogP contribution in [0, 0.1) is 5.82 Å². The molecule has 194 valence electrons. The number of ether oxygens (including phenoxy) is 2. The van der Waals surface area contributed by atoms with Crippen LogP contribution in [0.5, 0.6) is 11.5 Å². The summed E-state index contributed by atoms with van der Waals surface area (Å²) in [5, 5.41) is 0.0447. The third-order valence-electron chi connectivity index (χ3n) is 6.43. The number of nitrogens with zero attached hydrogens (tertiary/aromatic N) is 1. The Morgan fingerprint density at radius 1 is 0.974 bits per heavy atom. The molecule has 8 heteroatoms. The van der Waals surface area contributed by atoms with Crippen molar-refractivity contribution in [3.8, 4) is 11.5 Å². The second kappa shape index (κ2) is 10.1. The monoisotopic (exact) mass is 515 g/mol. The average molecular weight is 516 g/mol. The van der Waals surface area contributed by atoms with Gasteiger partial charge in [0.25, 0.3) is 5.91 Å². The van der Waals surface area contributed by atoms with Crippen LogP contribution in [0.25, 0.3) is 11.0 Å². The van der Waals surface area contributed by atoms with Crippen molar-refractivity contribution in [3.05, 3.63) is 99.2 Å². The number of rotatable bonds is 8. The second-order valence-corrected chi connectivity index (χ2v) is 8.98. The first-order valence-electron chi connectivity index (χ1n) is 12.4. The summed E-state index contributed by atoms with van der Waals surface area (Å²) in [4.78, 5) is 40.8. The van der Waals surface area contributed by atoms with Gasteiger partial charge in [0.2, 0.25) is 5.76 Å². The minimum atomic E-state index is -0.885. The molecular weight excluding hydrogens is 489 g/mol. The summed E-state index contributed by atoms with van der Waals surface area (Å²) >= 11 is 0. The van der Waals surface area contributed by atoms with Crippen molar-refractivity contribution in [1.82, 2.24) is 0 Å². The zero-order valence-corrected chi connectivity index (χ0v) is 21.2. The highest BCUT2D eigenvalue weighted by Gasteiger charge is 2.44. The van der Waals surface area contributed by atoms with Crippen LogP contribution < -0.4 is 19.8 Å². The van der Waals surface area contributed by atoms with E-state index in [0.717, 1.165) is 12.5 Å². The van der Waals surface area contributed by atoms with Gasteiger partial charge in [0.1, 0.15) is 11.4 Å². The summed E-state index contributed by atoms with van der Waals surface area (Å²) in [6, 6.07) is 14.6. The Labute approximate surface area is 218 Å². The van der Waals surface area contributed by atoms with Crippen LogP contribution in [0.4, 0.5) is 10.1 Å². The van der Waals surface area contributed by atoms with Gasteiger partial charge in [-0.15, -0.1) is 0 Å². The van der Waals surface area contributed by atoms with Crippen LogP contribution in [0.1, 0.15) is 65.3 Å². The van der Waals surface area contributed by atoms with E-state index >= 15 is 0 Å². The second-order valence-electron chi connectivity index (χ2n) is 8.98. The highest BCUT2D eigenvalue weighted by atomic mass is 19.1. The molecule has 0 spiro atoms. The van der Waals surface area contributed by atoms with Gasteiger partial charge in [0.05, 0.1) is 30.2 Å². The van der Waals surface area contributed by atoms with E-state index in [0.29, 0.717) is 41.5 Å². The number of halogens is 1. The van der Waals surface area contributed by atoms with Crippen LogP contribution in [0.2, 0.25) is 0 Å². The first-order chi connectivity index (χ1) is 18.3. The van der Waals surface area contributed by atoms with Crippen molar-refractivity contribution in [1.29, 1.82) is 0 Å². The van der Waals surface area contributed by atoms with E-state index in [1.807, 2.05) is 13.8 Å². The maximum atomic E-state index is 14.1. The van der Waals surface area contributed by atoms with Crippen LogP contribution in [0.15, 0.2) is 69.9 Å². The third kappa shape index (κ3) is 4.32. The van der Waals surface area contributed by atoms with E-state index in [4.69, 9.17) is 13.9 Å². The van der Waals surface area contributed by atoms with Crippen molar-refractivity contribution < 1.29 is 27.9 Å². The minimum Gasteiger partial charge on any atom is -0.490 e. The molecule has 0 radical (unpaired) electrons. The molecule has 1 atom stereocenters. The van der Waals surface area contributed by atoms with Crippen LogP contribution >= 0.6 is 0 Å². The zero-order valence-electron chi connectivity index (χ0n) is 21.2. The number of Topliss-reactive ketones (excluding diaryl/α,β-unsaturated/α-hetero) is 1. The van der Waals surface area contributed by atoms with Gasteiger partial charge in [-0.05, 0) is 80.4 Å². The maximum absolute atomic E-state index is 14.1. The van der Waals surface area contributed by atoms with Crippen molar-refractivity contribution in [3.63, 3.8) is 0 Å². The average Bonchev–Trinajstić information content (AvgIpc) is 3.21. The van der Waals surface area contributed by atoms with Gasteiger partial charge < -0.3 is 13.9 Å². The van der Waals surface area contributed by atoms with Crippen LogP contribution in [0.3, 0.4) is 0 Å². The molecule has 38 heavy (non-hydrogen) atoms. The smallest absolute Gasteiger partial charge is 0.295 e. The molecule has 1 aromatic heterocycles. The molecule has 0 fully saturated rings. The molecule has 0 saturated carbocycles. The van der Waals surface area contributed by atoms with E-state index < -0.39 is 23.2 Å². The predicted molar refractivity (Wildman–Crippen MR) is 141 cm³/mol. The first kappa shape index (κ1) is 25.2. The Kier molecular flexibility index (Phi) is 6.72. The van der Waals surface area contributed by atoms with Gasteiger partial charge in [-0.2, -0.15) is 0 Å². The lowest BCUT2D eigenvalue weighted by molar-refractivity contribution is 0.0970. The number of hydrogen-bond acceptors (Lipinski definition) is 6. The molecule has 0 N–H and O–H groups in total. The number of carbonyl (C=O) groups excluding carboxylic acids is 2. The molecule has 0 aliphatic carbocycles. The molecular formula is C30H26FNO6. The molecule has 0 bridgehead atoms. The zero-order chi connectivity index (χ0) is 27.0. The largest absolute Gasteiger partial charge is 0.490 e. The lowest BCUT2D eigenvalue weighted by Gasteiger charge is -2.26. The van der Waals surface area contributed by atoms with Crippen LogP contribution in [-0.2, 0) is 0 Å². The number of ketones is 1. The molecule has 1 aliphatic heterocycles. The van der Waals surface area contributed by atoms with E-state index in [-0.39, 0.29) is 28.1 Å². The Balaban J connectivity index is 1.74. The molecule has 5 rings (SSSR count). The van der Waals surface area contributed by atoms with Crippen molar-refractivity contribution in [2.24, 2.45) is 0 Å². The summed E-state index contributed by atoms with van der Waals surface area (Å²) in [7, 11) is 0. The summed E-state index contributed by atoms with van der Waals surface area (Å²) in [5.74, 6) is -0.307. The molecule has 7 nitrogen and oxygen atoms in total. The quantitative estimate of drug-likeness (QED) is 0.265. The number of anilines is 1. The SMILES string of the molecule is CCCOc1ccc(C2c3c(oc4ccc(F)cc4c3=O)C(=O)N2c2ccc(C(C)=O)cc2)cc1OCC. The fraction of sp³-hybridized carbons (Fsp3) is 0.233. The Bertz CT molecular complexity index is 1610. The van der Waals surface area contributed by atoms with Gasteiger partial charge in [0, 0.05) is 11.3 Å². The van der Waals surface area contributed by atoms with Gasteiger partial charge in [-0.1, -0.05) is 13.0 Å². The lowest BCUT2D eigenvalue weighted by Crippen LogP contribution is -2.29. The van der Waals surface area contributed by atoms with Gasteiger partial charge in [-0.3, -0.25) is 19.3 Å². The fourth-order valence-electron chi connectivity index (χ4n) is 4.68. The number of fused-ring (bicyclic) bond motifs is 2. The normalized spacial score (nSPS) is 14.6. The van der Waals surface area contributed by atoms with Crippen molar-refractivity contribution in [2.45, 2.75) is 33.2 Å². The van der Waals surface area contributed by atoms with Crippen LogP contribution in [-0.4, -0.2) is 24.9 Å². The summed E-state index contributed by atoms with van der Waals surface area (Å²) in [5.41, 5.74) is 1.27. The maximum Gasteiger partial charge on any atom is 0.295 e. The van der Waals surface area contributed by atoms with E-state index in [2.05, 4.69) is 0 Å². The predicted octanol–water partition coefficient (Wildman–Crippen LogP) is 6.07. The molecule has 0 saturated heterocycles. The molecule has 2 heterocycles. The first-order valence-corrected chi connectivity index (χ1v) is 12.4. The molecule has 4 aromatic rings. The Hall–Kier alpha value is -4.46. The van der Waals surface area contributed by atoms with Gasteiger partial charge in [-0.25, -0.2) is 4.39 Å². The molecule has 1 amide bonds. The Morgan fingerprint density at radius 3 is 2.42 bits per heavy atom. The lowest BCUT2D eigenvalue weighted by atomic mass is 9.97. The number of carbonyl (C=O) groups is 2. The number of hydrogen-bond donors (Lipinski definition) is 0. The summed E-state index contributed by atoms with van der Waals surface area (Å²) in [6.45, 7) is 6.19. The summed E-state index contributed by atoms with van der Waals surface area (Å²) in [6.07, 6.45) is 0.812. The molecule has 3 aromatic carbocycles. The third-order valence-corrected chi connectivity index (χ3v) is 6.43. The standard InChI is InChI=1S/C30H26FNO6/c1-4-14-37-24-12-8-19(15-25(24)36-5-2)27-26-28(34)22-16-20(31)9-13-23(22)38-29(26)30(35)32(27)21-10-6-18(7-11-21)17(3)33/h6-13,15-16,27H,4-5,14H2,1-3H3. The topological polar surface area (TPSA) is 86.0 Å². The van der Waals surface area contributed by atoms with E-state index in [1.165, 1.54) is 24.0 Å². The van der Waals surface area contributed by atoms with Crippen molar-refractivity contribution in [2.75, 3.05) is 18.1 Å². The van der Waals surface area contributed by atoms with E-state index in [9.17, 15) is 18.8 Å². The van der Waals surface area contributed by atoms with Gasteiger partial charge >= 0.3 is 0 Å². The van der Waals surface area contributed by atoms with E-state index in [1.54, 1.807) is 42.5 Å². The molecule has 1 unspecified atom stereocenters. The number of benzene rings is 3. The molecule has 1 aliphatic rings. The highest BCUT2D eigenvalue weighted by Crippen LogP contribution is 2.43. The van der Waals surface area contributed by atoms with Gasteiger partial charge in [0.15, 0.2) is 22.7 Å².